The van der Waals surface area contributed by atoms with E-state index in [4.69, 9.17) is 5.26 Å². The second kappa shape index (κ2) is 9.17. The molecule has 4 nitrogen and oxygen atoms in total. The van der Waals surface area contributed by atoms with Crippen molar-refractivity contribution >= 4 is 11.6 Å². The lowest BCUT2D eigenvalue weighted by Gasteiger charge is -2.23. The SMILES string of the molecule is CC(C)c1ccc([C@@H](NCC(=O)Nc2ccccc2C#N)C(C)C)cc1. The summed E-state index contributed by atoms with van der Waals surface area (Å²) in [6, 6.07) is 17.8. The molecule has 0 spiro atoms. The summed E-state index contributed by atoms with van der Waals surface area (Å²) in [5.74, 6) is 0.691. The van der Waals surface area contributed by atoms with E-state index in [-0.39, 0.29) is 18.5 Å². The van der Waals surface area contributed by atoms with Gasteiger partial charge in [-0.1, -0.05) is 64.1 Å². The minimum Gasteiger partial charge on any atom is -0.324 e. The Kier molecular flexibility index (Phi) is 6.94. The van der Waals surface area contributed by atoms with Gasteiger partial charge in [-0.05, 0) is 35.1 Å². The Morgan fingerprint density at radius 2 is 1.62 bits per heavy atom. The molecule has 0 radical (unpaired) electrons. The van der Waals surface area contributed by atoms with Crippen molar-refractivity contribution in [1.29, 1.82) is 5.26 Å². The molecule has 136 valence electrons. The maximum atomic E-state index is 12.3. The van der Waals surface area contributed by atoms with Gasteiger partial charge in [0.25, 0.3) is 0 Å². The number of amides is 1. The summed E-state index contributed by atoms with van der Waals surface area (Å²) in [6.45, 7) is 8.82. The Hall–Kier alpha value is -2.64. The third kappa shape index (κ3) is 5.18. The van der Waals surface area contributed by atoms with Gasteiger partial charge in [0.15, 0.2) is 0 Å². The van der Waals surface area contributed by atoms with Crippen LogP contribution in [0.5, 0.6) is 0 Å². The van der Waals surface area contributed by atoms with E-state index in [2.05, 4.69) is 68.7 Å². The largest absolute Gasteiger partial charge is 0.324 e. The molecule has 4 heteroatoms. The molecule has 0 aliphatic heterocycles. The first-order chi connectivity index (χ1) is 12.4. The number of benzene rings is 2. The van der Waals surface area contributed by atoms with Crippen LogP contribution in [0.1, 0.15) is 56.3 Å². The van der Waals surface area contributed by atoms with E-state index in [0.717, 1.165) is 0 Å². The van der Waals surface area contributed by atoms with Gasteiger partial charge in [0.05, 0.1) is 17.8 Å². The fourth-order valence-corrected chi connectivity index (χ4v) is 2.91. The molecule has 0 heterocycles. The van der Waals surface area contributed by atoms with Crippen molar-refractivity contribution in [2.24, 2.45) is 5.92 Å². The number of nitriles is 1. The Labute approximate surface area is 156 Å². The lowest BCUT2D eigenvalue weighted by atomic mass is 9.93. The normalized spacial score (nSPS) is 12.0. The summed E-state index contributed by atoms with van der Waals surface area (Å²) >= 11 is 0. The molecule has 0 saturated heterocycles. The molecule has 1 atom stereocenters. The van der Waals surface area contributed by atoms with Crippen LogP contribution in [0.25, 0.3) is 0 Å². The van der Waals surface area contributed by atoms with E-state index >= 15 is 0 Å². The monoisotopic (exact) mass is 349 g/mol. The highest BCUT2D eigenvalue weighted by atomic mass is 16.1. The standard InChI is InChI=1S/C22H27N3O/c1-15(2)17-9-11-18(12-10-17)22(16(3)4)24-14-21(26)25-20-8-6-5-7-19(20)13-23/h5-12,15-16,22,24H,14H2,1-4H3,(H,25,26)/t22-/m0/s1. The number of para-hydroxylation sites is 1. The predicted molar refractivity (Wildman–Crippen MR) is 106 cm³/mol. The number of nitrogens with zero attached hydrogens (tertiary/aromatic N) is 1. The molecule has 0 aliphatic rings. The maximum absolute atomic E-state index is 12.3. The maximum Gasteiger partial charge on any atom is 0.238 e. The second-order valence-electron chi connectivity index (χ2n) is 7.13. The van der Waals surface area contributed by atoms with Crippen LogP contribution in [0.2, 0.25) is 0 Å². The zero-order valence-electron chi connectivity index (χ0n) is 15.9. The molecule has 2 aromatic carbocycles. The first-order valence-corrected chi connectivity index (χ1v) is 9.04. The summed E-state index contributed by atoms with van der Waals surface area (Å²) in [4.78, 5) is 12.3. The van der Waals surface area contributed by atoms with Crippen LogP contribution < -0.4 is 10.6 Å². The summed E-state index contributed by atoms with van der Waals surface area (Å²) in [5.41, 5.74) is 3.49. The lowest BCUT2D eigenvalue weighted by molar-refractivity contribution is -0.115. The average molecular weight is 349 g/mol. The van der Waals surface area contributed by atoms with E-state index in [1.54, 1.807) is 24.3 Å². The molecule has 0 unspecified atom stereocenters. The number of carbonyl (C=O) groups excluding carboxylic acids is 1. The quantitative estimate of drug-likeness (QED) is 0.767. The van der Waals surface area contributed by atoms with E-state index in [1.807, 2.05) is 0 Å². The highest BCUT2D eigenvalue weighted by molar-refractivity contribution is 5.93. The summed E-state index contributed by atoms with van der Waals surface area (Å²) in [7, 11) is 0. The molecule has 0 fully saturated rings. The average Bonchev–Trinajstić information content (AvgIpc) is 2.62. The van der Waals surface area contributed by atoms with E-state index in [1.165, 1.54) is 11.1 Å². The van der Waals surface area contributed by atoms with Gasteiger partial charge in [0.2, 0.25) is 5.91 Å². The number of hydrogen-bond donors (Lipinski definition) is 2. The van der Waals surface area contributed by atoms with Crippen LogP contribution in [0, 0.1) is 17.2 Å². The van der Waals surface area contributed by atoms with E-state index in [0.29, 0.717) is 23.1 Å². The molecular weight excluding hydrogens is 322 g/mol. The molecule has 2 rings (SSSR count). The zero-order valence-corrected chi connectivity index (χ0v) is 15.9. The zero-order chi connectivity index (χ0) is 19.1. The van der Waals surface area contributed by atoms with Crippen molar-refractivity contribution < 1.29 is 4.79 Å². The number of nitrogens with one attached hydrogen (secondary N) is 2. The molecule has 0 bridgehead atoms. The van der Waals surface area contributed by atoms with Crippen LogP contribution in [0.4, 0.5) is 5.69 Å². The molecule has 1 amide bonds. The van der Waals surface area contributed by atoms with Crippen molar-refractivity contribution in [3.8, 4) is 6.07 Å². The van der Waals surface area contributed by atoms with Crippen molar-refractivity contribution in [1.82, 2.24) is 5.32 Å². The van der Waals surface area contributed by atoms with E-state index in [9.17, 15) is 4.79 Å². The van der Waals surface area contributed by atoms with Crippen molar-refractivity contribution in [2.75, 3.05) is 11.9 Å². The smallest absolute Gasteiger partial charge is 0.238 e. The van der Waals surface area contributed by atoms with Crippen molar-refractivity contribution in [3.63, 3.8) is 0 Å². The number of hydrogen-bond acceptors (Lipinski definition) is 3. The summed E-state index contributed by atoms with van der Waals surface area (Å²) in [6.07, 6.45) is 0. The van der Waals surface area contributed by atoms with E-state index < -0.39 is 0 Å². The van der Waals surface area contributed by atoms with Gasteiger partial charge in [-0.2, -0.15) is 5.26 Å². The number of rotatable bonds is 7. The van der Waals surface area contributed by atoms with Crippen molar-refractivity contribution in [3.05, 3.63) is 65.2 Å². The topological polar surface area (TPSA) is 64.9 Å². The van der Waals surface area contributed by atoms with Crippen LogP contribution in [0.3, 0.4) is 0 Å². The molecule has 26 heavy (non-hydrogen) atoms. The number of anilines is 1. The highest BCUT2D eigenvalue weighted by Gasteiger charge is 2.17. The Balaban J connectivity index is 2.02. The Morgan fingerprint density at radius 1 is 1.00 bits per heavy atom. The van der Waals surface area contributed by atoms with Gasteiger partial charge in [-0.25, -0.2) is 0 Å². The minimum atomic E-state index is -0.155. The van der Waals surface area contributed by atoms with Gasteiger partial charge < -0.3 is 10.6 Å². The molecule has 0 saturated carbocycles. The second-order valence-corrected chi connectivity index (χ2v) is 7.13. The van der Waals surface area contributed by atoms with Crippen LogP contribution in [0.15, 0.2) is 48.5 Å². The van der Waals surface area contributed by atoms with Gasteiger partial charge in [0, 0.05) is 6.04 Å². The number of carbonyl (C=O) groups is 1. The predicted octanol–water partition coefficient (Wildman–Crippen LogP) is 4.61. The third-order valence-electron chi connectivity index (χ3n) is 4.43. The third-order valence-corrected chi connectivity index (χ3v) is 4.43. The molecule has 2 N–H and O–H groups in total. The fraction of sp³-hybridized carbons (Fsp3) is 0.364. The minimum absolute atomic E-state index is 0.0909. The Bertz CT molecular complexity index is 773. The Morgan fingerprint density at radius 3 is 2.19 bits per heavy atom. The molecule has 0 aliphatic carbocycles. The van der Waals surface area contributed by atoms with Crippen LogP contribution in [-0.2, 0) is 4.79 Å². The van der Waals surface area contributed by atoms with Gasteiger partial charge in [0.1, 0.15) is 6.07 Å². The van der Waals surface area contributed by atoms with Crippen LogP contribution in [-0.4, -0.2) is 12.5 Å². The first-order valence-electron chi connectivity index (χ1n) is 9.04. The van der Waals surface area contributed by atoms with Crippen molar-refractivity contribution in [2.45, 2.75) is 39.7 Å². The summed E-state index contributed by atoms with van der Waals surface area (Å²) in [5, 5.41) is 15.3. The molecular formula is C22H27N3O. The van der Waals surface area contributed by atoms with Crippen LogP contribution >= 0.6 is 0 Å². The van der Waals surface area contributed by atoms with Gasteiger partial charge in [-0.15, -0.1) is 0 Å². The lowest BCUT2D eigenvalue weighted by Crippen LogP contribution is -2.33. The van der Waals surface area contributed by atoms with Gasteiger partial charge >= 0.3 is 0 Å². The first kappa shape index (κ1) is 19.7. The van der Waals surface area contributed by atoms with Gasteiger partial charge in [-0.3, -0.25) is 4.79 Å². The molecule has 0 aromatic heterocycles. The summed E-state index contributed by atoms with van der Waals surface area (Å²) < 4.78 is 0. The highest BCUT2D eigenvalue weighted by Crippen LogP contribution is 2.24. The fourth-order valence-electron chi connectivity index (χ4n) is 2.91. The molecule has 2 aromatic rings.